The number of hydrogen-bond acceptors (Lipinski definition) is 5. The molecule has 5 heteroatoms. The van der Waals surface area contributed by atoms with E-state index in [-0.39, 0.29) is 22.3 Å². The number of benzene rings is 4. The lowest BCUT2D eigenvalue weighted by Gasteiger charge is -2.38. The molecule has 0 saturated heterocycles. The number of phenolic OH excluding ortho intramolecular Hbond substituents is 2. The maximum atomic E-state index is 12.7. The first-order chi connectivity index (χ1) is 20.5. The highest BCUT2D eigenvalue weighted by Gasteiger charge is 2.37. The molecule has 0 aromatic heterocycles. The van der Waals surface area contributed by atoms with Crippen molar-refractivity contribution in [2.24, 2.45) is 0 Å². The van der Waals surface area contributed by atoms with Gasteiger partial charge in [-0.25, -0.2) is 4.79 Å². The van der Waals surface area contributed by atoms with Crippen LogP contribution in [0.4, 0.5) is 4.79 Å². The van der Waals surface area contributed by atoms with Crippen LogP contribution in [0.3, 0.4) is 0 Å². The summed E-state index contributed by atoms with van der Waals surface area (Å²) in [6.45, 7) is 0. The normalized spacial score (nSPS) is 17.7. The lowest BCUT2D eigenvalue weighted by atomic mass is 9.65. The maximum absolute atomic E-state index is 12.7. The average Bonchev–Trinajstić information content (AvgIpc) is 3.03. The van der Waals surface area contributed by atoms with Crippen LogP contribution in [0.2, 0.25) is 0 Å². The molecule has 2 N–H and O–H groups in total. The summed E-state index contributed by atoms with van der Waals surface area (Å²) >= 11 is 0. The van der Waals surface area contributed by atoms with Crippen molar-refractivity contribution in [2.45, 2.75) is 75.0 Å². The smallest absolute Gasteiger partial charge is 0.508 e. The Hall–Kier alpha value is -4.25. The van der Waals surface area contributed by atoms with Gasteiger partial charge in [0, 0.05) is 10.8 Å². The maximum Gasteiger partial charge on any atom is 0.519 e. The van der Waals surface area contributed by atoms with Gasteiger partial charge in [-0.1, -0.05) is 87.1 Å². The minimum Gasteiger partial charge on any atom is -0.508 e. The molecule has 0 aliphatic heterocycles. The van der Waals surface area contributed by atoms with Crippen LogP contribution in [-0.2, 0) is 10.8 Å². The highest BCUT2D eigenvalue weighted by molar-refractivity contribution is 5.67. The van der Waals surface area contributed by atoms with Gasteiger partial charge in [0.15, 0.2) is 0 Å². The van der Waals surface area contributed by atoms with Gasteiger partial charge in [0.2, 0.25) is 0 Å². The number of hydrogen-bond donors (Lipinski definition) is 2. The molecule has 6 rings (SSSR count). The zero-order chi connectivity index (χ0) is 29.0. The number of carbonyl (C=O) groups is 1. The van der Waals surface area contributed by atoms with E-state index >= 15 is 0 Å². The summed E-state index contributed by atoms with van der Waals surface area (Å²) in [5.74, 6) is 1.41. The fourth-order valence-electron chi connectivity index (χ4n) is 7.26. The van der Waals surface area contributed by atoms with Crippen LogP contribution < -0.4 is 9.47 Å². The van der Waals surface area contributed by atoms with Crippen molar-refractivity contribution in [3.63, 3.8) is 0 Å². The minimum atomic E-state index is -0.771. The van der Waals surface area contributed by atoms with Crippen molar-refractivity contribution in [3.8, 4) is 23.0 Å². The Labute approximate surface area is 247 Å². The van der Waals surface area contributed by atoms with Crippen LogP contribution in [0.15, 0.2) is 97.1 Å². The largest absolute Gasteiger partial charge is 0.519 e. The molecular formula is C37H38O5. The summed E-state index contributed by atoms with van der Waals surface area (Å²) < 4.78 is 11.1. The first-order valence-electron chi connectivity index (χ1n) is 15.2. The molecule has 2 fully saturated rings. The summed E-state index contributed by atoms with van der Waals surface area (Å²) in [7, 11) is 0. The lowest BCUT2D eigenvalue weighted by molar-refractivity contribution is 0.152. The van der Waals surface area contributed by atoms with E-state index in [2.05, 4.69) is 0 Å². The van der Waals surface area contributed by atoms with Crippen LogP contribution in [-0.4, -0.2) is 16.4 Å². The molecule has 2 aliphatic carbocycles. The summed E-state index contributed by atoms with van der Waals surface area (Å²) in [6, 6.07) is 30.6. The Morgan fingerprint density at radius 3 is 1.05 bits per heavy atom. The highest BCUT2D eigenvalue weighted by atomic mass is 16.7. The Morgan fingerprint density at radius 2 is 0.738 bits per heavy atom. The van der Waals surface area contributed by atoms with Gasteiger partial charge in [-0.15, -0.1) is 0 Å². The second-order valence-electron chi connectivity index (χ2n) is 11.9. The molecule has 42 heavy (non-hydrogen) atoms. The van der Waals surface area contributed by atoms with E-state index in [1.165, 1.54) is 35.1 Å². The van der Waals surface area contributed by atoms with Gasteiger partial charge in [0.05, 0.1) is 0 Å². The molecule has 0 unspecified atom stereocenters. The summed E-state index contributed by atoms with van der Waals surface area (Å²) in [5, 5.41) is 19.6. The number of ether oxygens (including phenoxy) is 2. The third-order valence-electron chi connectivity index (χ3n) is 9.47. The van der Waals surface area contributed by atoms with E-state index in [9.17, 15) is 15.0 Å². The van der Waals surface area contributed by atoms with Crippen molar-refractivity contribution >= 4 is 6.16 Å². The summed E-state index contributed by atoms with van der Waals surface area (Å²) in [6.07, 6.45) is 10.5. The second kappa shape index (κ2) is 11.9. The first kappa shape index (κ1) is 27.9. The number of carbonyl (C=O) groups excluding carboxylic acids is 1. The van der Waals surface area contributed by atoms with Gasteiger partial charge in [-0.2, -0.15) is 0 Å². The summed E-state index contributed by atoms with van der Waals surface area (Å²) in [4.78, 5) is 12.7. The Balaban J connectivity index is 1.14. The number of phenols is 2. The fraction of sp³-hybridized carbons (Fsp3) is 0.324. The summed E-state index contributed by atoms with van der Waals surface area (Å²) in [5.41, 5.74) is 4.57. The zero-order valence-corrected chi connectivity index (χ0v) is 23.9. The van der Waals surface area contributed by atoms with E-state index in [0.717, 1.165) is 51.4 Å². The molecule has 4 aromatic rings. The van der Waals surface area contributed by atoms with Gasteiger partial charge >= 0.3 is 6.16 Å². The van der Waals surface area contributed by atoms with Gasteiger partial charge < -0.3 is 19.7 Å². The fourth-order valence-corrected chi connectivity index (χ4v) is 7.26. The molecule has 0 heterocycles. The van der Waals surface area contributed by atoms with E-state index in [4.69, 9.17) is 9.47 Å². The van der Waals surface area contributed by atoms with Gasteiger partial charge in [-0.3, -0.25) is 0 Å². The van der Waals surface area contributed by atoms with E-state index in [1.54, 1.807) is 24.3 Å². The van der Waals surface area contributed by atoms with Crippen LogP contribution in [0.25, 0.3) is 0 Å². The van der Waals surface area contributed by atoms with Crippen molar-refractivity contribution in [2.75, 3.05) is 0 Å². The molecule has 4 aromatic carbocycles. The van der Waals surface area contributed by atoms with E-state index in [0.29, 0.717) is 11.5 Å². The quantitative estimate of drug-likeness (QED) is 0.181. The molecule has 216 valence electrons. The lowest BCUT2D eigenvalue weighted by Crippen LogP contribution is -2.30. The number of rotatable bonds is 6. The monoisotopic (exact) mass is 562 g/mol. The predicted octanol–water partition coefficient (Wildman–Crippen LogP) is 9.18. The molecule has 0 spiro atoms. The third-order valence-corrected chi connectivity index (χ3v) is 9.47. The highest BCUT2D eigenvalue weighted by Crippen LogP contribution is 2.47. The molecule has 0 amide bonds. The molecule has 0 bridgehead atoms. The minimum absolute atomic E-state index is 0.109. The van der Waals surface area contributed by atoms with Crippen LogP contribution in [0.1, 0.15) is 86.5 Å². The SMILES string of the molecule is O=C(Oc1ccc(C2(c3ccc(O)cc3)CCCCC2)cc1)Oc1ccc(C2(c3ccc(O)cc3)CCCCC2)cc1. The zero-order valence-electron chi connectivity index (χ0n) is 23.9. The van der Waals surface area contributed by atoms with Crippen molar-refractivity contribution in [3.05, 3.63) is 119 Å². The van der Waals surface area contributed by atoms with Gasteiger partial charge in [0.25, 0.3) is 0 Å². The predicted molar refractivity (Wildman–Crippen MR) is 163 cm³/mol. The Morgan fingerprint density at radius 1 is 0.452 bits per heavy atom. The van der Waals surface area contributed by atoms with Gasteiger partial charge in [-0.05, 0) is 96.5 Å². The van der Waals surface area contributed by atoms with Crippen LogP contribution in [0.5, 0.6) is 23.0 Å². The second-order valence-corrected chi connectivity index (χ2v) is 11.9. The van der Waals surface area contributed by atoms with Crippen molar-refractivity contribution < 1.29 is 24.5 Å². The number of aromatic hydroxyl groups is 2. The molecule has 5 nitrogen and oxygen atoms in total. The van der Waals surface area contributed by atoms with Crippen molar-refractivity contribution in [1.82, 2.24) is 0 Å². The van der Waals surface area contributed by atoms with E-state index in [1.807, 2.05) is 72.8 Å². The standard InChI is InChI=1S/C37H38O5/c38-31-15-7-27(8-16-31)36(23-3-1-4-24-36)29-11-19-33(20-12-29)41-35(40)42-34-21-13-30(14-22-34)37(25-5-2-6-26-37)28-9-17-32(39)18-10-28/h7-22,38-39H,1-6,23-26H2. The van der Waals surface area contributed by atoms with Crippen LogP contribution >= 0.6 is 0 Å². The van der Waals surface area contributed by atoms with Crippen LogP contribution in [0, 0.1) is 0 Å². The molecule has 2 saturated carbocycles. The molecule has 0 atom stereocenters. The Bertz CT molecular complexity index is 1360. The molecule has 0 radical (unpaired) electrons. The van der Waals surface area contributed by atoms with E-state index < -0.39 is 6.16 Å². The first-order valence-corrected chi connectivity index (χ1v) is 15.2. The third kappa shape index (κ3) is 5.61. The van der Waals surface area contributed by atoms with Gasteiger partial charge in [0.1, 0.15) is 23.0 Å². The molecular weight excluding hydrogens is 524 g/mol. The van der Waals surface area contributed by atoms with Crippen molar-refractivity contribution in [1.29, 1.82) is 0 Å². The average molecular weight is 563 g/mol. The molecule has 2 aliphatic rings. The Kier molecular flexibility index (Phi) is 7.92. The topological polar surface area (TPSA) is 76.0 Å².